The molecular formula is C25H30I2MgN2O2. The van der Waals surface area contributed by atoms with Gasteiger partial charge in [0.2, 0.25) is 0 Å². The summed E-state index contributed by atoms with van der Waals surface area (Å²) >= 11 is 0. The largest absolute Gasteiger partial charge is 2.00 e. The molecule has 0 amide bonds. The Morgan fingerprint density at radius 3 is 1.28 bits per heavy atom. The van der Waals surface area contributed by atoms with Gasteiger partial charge in [-0.3, -0.25) is 0 Å². The molecule has 0 N–H and O–H groups in total. The smallest absolute Gasteiger partial charge is 1.00 e. The zero-order chi connectivity index (χ0) is 20.9. The van der Waals surface area contributed by atoms with Crippen molar-refractivity contribution in [3.05, 3.63) is 71.8 Å². The maximum Gasteiger partial charge on any atom is 2.00 e. The van der Waals surface area contributed by atoms with Gasteiger partial charge in [0.05, 0.1) is 0 Å². The minimum absolute atomic E-state index is 0. The summed E-state index contributed by atoms with van der Waals surface area (Å²) in [5, 5.41) is 0. The molecule has 0 unspecified atom stereocenters. The fourth-order valence-corrected chi connectivity index (χ4v) is 4.10. The third kappa shape index (κ3) is 5.63. The molecule has 2 aliphatic rings. The third-order valence-corrected chi connectivity index (χ3v) is 5.83. The van der Waals surface area contributed by atoms with Crippen LogP contribution in [-0.2, 0) is 9.47 Å². The first-order chi connectivity index (χ1) is 13.6. The molecule has 0 aliphatic carbocycles. The van der Waals surface area contributed by atoms with Crippen LogP contribution in [-0.4, -0.2) is 46.1 Å². The van der Waals surface area contributed by atoms with E-state index in [-0.39, 0.29) is 83.1 Å². The molecule has 2 aromatic carbocycles. The van der Waals surface area contributed by atoms with Gasteiger partial charge in [0.1, 0.15) is 28.7 Å². The summed E-state index contributed by atoms with van der Waals surface area (Å²) in [6, 6.07) is 20.5. The van der Waals surface area contributed by atoms with Crippen molar-refractivity contribution in [1.29, 1.82) is 0 Å². The van der Waals surface area contributed by atoms with Crippen LogP contribution in [0.25, 0.3) is 0 Å². The number of nitrogens with zero attached hydrogens (tertiary/aromatic N) is 2. The number of benzene rings is 2. The Morgan fingerprint density at radius 2 is 0.969 bits per heavy atom. The van der Waals surface area contributed by atoms with E-state index in [1.54, 1.807) is 0 Å². The topological polar surface area (TPSA) is 43.2 Å². The van der Waals surface area contributed by atoms with Crippen molar-refractivity contribution >= 4 is 34.8 Å². The van der Waals surface area contributed by atoms with Gasteiger partial charge in [0.25, 0.3) is 0 Å². The number of ether oxygens (including phenoxy) is 2. The van der Waals surface area contributed by atoms with Crippen LogP contribution in [0, 0.1) is 5.41 Å². The Morgan fingerprint density at radius 1 is 0.656 bits per heavy atom. The predicted octanol–water partition coefficient (Wildman–Crippen LogP) is -0.463. The third-order valence-electron chi connectivity index (χ3n) is 5.83. The average Bonchev–Trinajstić information content (AvgIpc) is 3.19. The number of aliphatic imine (C=N–C) groups is 2. The second kappa shape index (κ2) is 10.9. The van der Waals surface area contributed by atoms with Gasteiger partial charge in [-0.25, -0.2) is 9.98 Å². The molecule has 32 heavy (non-hydrogen) atoms. The first-order valence-corrected chi connectivity index (χ1v) is 10.3. The van der Waals surface area contributed by atoms with Crippen molar-refractivity contribution in [3.63, 3.8) is 0 Å². The Bertz CT molecular complexity index is 883. The van der Waals surface area contributed by atoms with Crippen molar-refractivity contribution in [3.8, 4) is 0 Å². The SMILES string of the molecule is CC(C)(C1=N[C@@H](c2ccccc2)C(C)(C)O1)C1=N[C@@H](c2ccccc2)C(C)(C)O1.[I-].[I-].[Mg+2]. The molecular weight excluding hydrogens is 638 g/mol. The minimum Gasteiger partial charge on any atom is -1.00 e. The van der Waals surface area contributed by atoms with Crippen LogP contribution in [0.1, 0.15) is 64.8 Å². The summed E-state index contributed by atoms with van der Waals surface area (Å²) in [6.45, 7) is 12.5. The van der Waals surface area contributed by atoms with Gasteiger partial charge in [-0.2, -0.15) is 0 Å². The molecule has 0 saturated heterocycles. The molecule has 2 aromatic rings. The Balaban J connectivity index is 0.00000171. The number of halogens is 2. The first kappa shape index (κ1) is 29.6. The molecule has 0 aromatic heterocycles. The van der Waals surface area contributed by atoms with Crippen molar-refractivity contribution < 1.29 is 57.4 Å². The summed E-state index contributed by atoms with van der Waals surface area (Å²) < 4.78 is 12.8. The minimum atomic E-state index is -0.554. The first-order valence-electron chi connectivity index (χ1n) is 10.3. The van der Waals surface area contributed by atoms with E-state index in [4.69, 9.17) is 19.5 Å². The van der Waals surface area contributed by atoms with Crippen LogP contribution in [0.3, 0.4) is 0 Å². The van der Waals surface area contributed by atoms with Crippen molar-refractivity contribution in [1.82, 2.24) is 0 Å². The average molecular weight is 669 g/mol. The molecule has 0 radical (unpaired) electrons. The summed E-state index contributed by atoms with van der Waals surface area (Å²) in [5.74, 6) is 1.36. The fourth-order valence-electron chi connectivity index (χ4n) is 4.10. The number of rotatable bonds is 4. The molecule has 0 bridgehead atoms. The monoisotopic (exact) mass is 668 g/mol. The molecule has 2 atom stereocenters. The second-order valence-corrected chi connectivity index (χ2v) is 9.53. The van der Waals surface area contributed by atoms with Gasteiger partial charge in [-0.15, -0.1) is 0 Å². The van der Waals surface area contributed by atoms with Crippen molar-refractivity contribution in [2.45, 2.75) is 64.8 Å². The molecule has 2 aliphatic heterocycles. The fraction of sp³-hybridized carbons (Fsp3) is 0.440. The molecule has 4 rings (SSSR count). The summed E-state index contributed by atoms with van der Waals surface area (Å²) in [7, 11) is 0. The van der Waals surface area contributed by atoms with Crippen LogP contribution < -0.4 is 48.0 Å². The predicted molar refractivity (Wildman–Crippen MR) is 123 cm³/mol. The summed E-state index contributed by atoms with van der Waals surface area (Å²) in [6.07, 6.45) is 0. The van der Waals surface area contributed by atoms with Gasteiger partial charge in [-0.1, -0.05) is 60.7 Å². The van der Waals surface area contributed by atoms with Crippen molar-refractivity contribution in [2.24, 2.45) is 15.4 Å². The Hall–Kier alpha value is -0.394. The van der Waals surface area contributed by atoms with Crippen molar-refractivity contribution in [2.75, 3.05) is 0 Å². The molecule has 2 heterocycles. The Labute approximate surface area is 242 Å². The zero-order valence-corrected chi connectivity index (χ0v) is 25.3. The summed E-state index contributed by atoms with van der Waals surface area (Å²) in [5.41, 5.74) is 0.894. The van der Waals surface area contributed by atoms with Crippen LogP contribution in [0.4, 0.5) is 0 Å². The van der Waals surface area contributed by atoms with E-state index in [9.17, 15) is 0 Å². The maximum atomic E-state index is 6.39. The number of hydrogen-bond acceptors (Lipinski definition) is 4. The van der Waals surface area contributed by atoms with Crippen LogP contribution >= 0.6 is 0 Å². The summed E-state index contributed by atoms with van der Waals surface area (Å²) in [4.78, 5) is 10.0. The van der Waals surface area contributed by atoms with E-state index >= 15 is 0 Å². The van der Waals surface area contributed by atoms with Gasteiger partial charge >= 0.3 is 23.1 Å². The van der Waals surface area contributed by atoms with E-state index in [2.05, 4.69) is 65.8 Å². The van der Waals surface area contributed by atoms with E-state index in [1.165, 1.54) is 0 Å². The van der Waals surface area contributed by atoms with E-state index < -0.39 is 16.6 Å². The quantitative estimate of drug-likeness (QED) is 0.327. The molecule has 0 saturated carbocycles. The van der Waals surface area contributed by atoms with E-state index in [0.717, 1.165) is 11.1 Å². The van der Waals surface area contributed by atoms with Crippen LogP contribution in [0.15, 0.2) is 70.6 Å². The molecule has 7 heteroatoms. The molecule has 4 nitrogen and oxygen atoms in total. The molecule has 168 valence electrons. The molecule has 0 fully saturated rings. The van der Waals surface area contributed by atoms with E-state index in [1.807, 2.05) is 36.4 Å². The Kier molecular flexibility index (Phi) is 10.1. The standard InChI is InChI=1S/C25H30N2O2.2HI.Mg/c1-23(2,21-26-19(24(3,4)28-21)17-13-9-7-10-14-17)22-27-20(25(5,6)29-22)18-15-11-8-12-16-18;;;/h7-16,19-20H,1-6H3;2*1H;/q;;;+2/p-2/t19-,20-;;;/m0.../s1. The molecule has 0 spiro atoms. The van der Waals surface area contributed by atoms with Gasteiger partial charge in [0.15, 0.2) is 11.8 Å². The van der Waals surface area contributed by atoms with Gasteiger partial charge in [0, 0.05) is 0 Å². The maximum absolute atomic E-state index is 6.39. The number of hydrogen-bond donors (Lipinski definition) is 0. The van der Waals surface area contributed by atoms with E-state index in [0.29, 0.717) is 11.8 Å². The normalized spacial score (nSPS) is 22.7. The van der Waals surface area contributed by atoms with Gasteiger partial charge in [-0.05, 0) is 52.7 Å². The zero-order valence-electron chi connectivity index (χ0n) is 19.6. The second-order valence-electron chi connectivity index (χ2n) is 9.53. The van der Waals surface area contributed by atoms with Crippen LogP contribution in [0.2, 0.25) is 0 Å². The van der Waals surface area contributed by atoms with Gasteiger partial charge < -0.3 is 57.4 Å². The van der Waals surface area contributed by atoms with Crippen LogP contribution in [0.5, 0.6) is 0 Å².